The van der Waals surface area contributed by atoms with Gasteiger partial charge < -0.3 is 0 Å². The number of hydrogen-bond donors (Lipinski definition) is 1. The summed E-state index contributed by atoms with van der Waals surface area (Å²) < 4.78 is 0. The predicted octanol–water partition coefficient (Wildman–Crippen LogP) is 2.78. The molecule has 14 heavy (non-hydrogen) atoms. The van der Waals surface area contributed by atoms with Gasteiger partial charge >= 0.3 is 0 Å². The summed E-state index contributed by atoms with van der Waals surface area (Å²) in [5, 5.41) is 11.0. The number of aromatic nitrogens is 3. The number of fused-ring (bicyclic) bond motifs is 1. The van der Waals surface area contributed by atoms with E-state index in [-0.39, 0.29) is 0 Å². The van der Waals surface area contributed by atoms with Crippen LogP contribution >= 0.6 is 0 Å². The SMILES string of the molecule is CCC(C)c1c(C)ccc2n[nH]nc12. The van der Waals surface area contributed by atoms with Crippen molar-refractivity contribution in [1.29, 1.82) is 0 Å². The number of H-pyrrole nitrogens is 1. The van der Waals surface area contributed by atoms with Gasteiger partial charge in [0.05, 0.1) is 0 Å². The highest BCUT2D eigenvalue weighted by Gasteiger charge is 2.13. The Morgan fingerprint density at radius 3 is 2.86 bits per heavy atom. The normalized spacial score (nSPS) is 13.4. The molecule has 0 radical (unpaired) electrons. The van der Waals surface area contributed by atoms with Gasteiger partial charge in [0.15, 0.2) is 0 Å². The van der Waals surface area contributed by atoms with Crippen molar-refractivity contribution in [2.45, 2.75) is 33.1 Å². The third-order valence-electron chi connectivity index (χ3n) is 2.85. The second kappa shape index (κ2) is 3.40. The zero-order valence-electron chi connectivity index (χ0n) is 8.83. The lowest BCUT2D eigenvalue weighted by atomic mass is 9.93. The van der Waals surface area contributed by atoms with E-state index >= 15 is 0 Å². The van der Waals surface area contributed by atoms with Crippen LogP contribution in [-0.2, 0) is 0 Å². The van der Waals surface area contributed by atoms with E-state index in [0.29, 0.717) is 5.92 Å². The van der Waals surface area contributed by atoms with Gasteiger partial charge in [-0.3, -0.25) is 0 Å². The van der Waals surface area contributed by atoms with Crippen LogP contribution in [-0.4, -0.2) is 15.4 Å². The fourth-order valence-corrected chi connectivity index (χ4v) is 1.86. The monoisotopic (exact) mass is 189 g/mol. The standard InChI is InChI=1S/C11H15N3/c1-4-7(2)10-8(3)5-6-9-11(10)13-14-12-9/h5-7H,4H2,1-3H3,(H,12,13,14). The number of aryl methyl sites for hydroxylation is 1. The molecule has 1 heterocycles. The molecular formula is C11H15N3. The first-order valence-corrected chi connectivity index (χ1v) is 5.04. The fourth-order valence-electron chi connectivity index (χ4n) is 1.86. The van der Waals surface area contributed by atoms with Crippen LogP contribution in [0.1, 0.15) is 37.3 Å². The minimum Gasteiger partial charge on any atom is -0.197 e. The second-order valence-corrected chi connectivity index (χ2v) is 3.80. The van der Waals surface area contributed by atoms with Crippen LogP contribution in [0.5, 0.6) is 0 Å². The van der Waals surface area contributed by atoms with Gasteiger partial charge in [-0.05, 0) is 36.5 Å². The average Bonchev–Trinajstić information content (AvgIpc) is 2.64. The molecule has 0 fully saturated rings. The lowest BCUT2D eigenvalue weighted by molar-refractivity contribution is 0.732. The Bertz CT molecular complexity index is 445. The van der Waals surface area contributed by atoms with Gasteiger partial charge in [0.1, 0.15) is 11.0 Å². The van der Waals surface area contributed by atoms with Crippen LogP contribution < -0.4 is 0 Å². The van der Waals surface area contributed by atoms with Gasteiger partial charge in [0.25, 0.3) is 0 Å². The van der Waals surface area contributed by atoms with E-state index in [4.69, 9.17) is 0 Å². The largest absolute Gasteiger partial charge is 0.197 e. The van der Waals surface area contributed by atoms with E-state index in [1.807, 2.05) is 6.07 Å². The van der Waals surface area contributed by atoms with Gasteiger partial charge in [-0.2, -0.15) is 15.4 Å². The summed E-state index contributed by atoms with van der Waals surface area (Å²) in [6, 6.07) is 4.13. The molecule has 74 valence electrons. The molecular weight excluding hydrogens is 174 g/mol. The van der Waals surface area contributed by atoms with E-state index in [0.717, 1.165) is 17.5 Å². The number of nitrogens with one attached hydrogen (secondary N) is 1. The van der Waals surface area contributed by atoms with Crippen LogP contribution in [0, 0.1) is 6.92 Å². The van der Waals surface area contributed by atoms with Gasteiger partial charge in [-0.25, -0.2) is 0 Å². The second-order valence-electron chi connectivity index (χ2n) is 3.80. The molecule has 1 atom stereocenters. The van der Waals surface area contributed by atoms with E-state index < -0.39 is 0 Å². The molecule has 3 nitrogen and oxygen atoms in total. The van der Waals surface area contributed by atoms with Crippen molar-refractivity contribution in [3.63, 3.8) is 0 Å². The Kier molecular flexibility index (Phi) is 2.23. The van der Waals surface area contributed by atoms with Crippen molar-refractivity contribution in [2.75, 3.05) is 0 Å². The van der Waals surface area contributed by atoms with Crippen molar-refractivity contribution in [3.05, 3.63) is 23.3 Å². The fraction of sp³-hybridized carbons (Fsp3) is 0.455. The van der Waals surface area contributed by atoms with E-state index in [2.05, 4.69) is 42.2 Å². The zero-order valence-corrected chi connectivity index (χ0v) is 8.83. The van der Waals surface area contributed by atoms with Crippen molar-refractivity contribution in [3.8, 4) is 0 Å². The van der Waals surface area contributed by atoms with Gasteiger partial charge in [0.2, 0.25) is 0 Å². The van der Waals surface area contributed by atoms with Crippen molar-refractivity contribution in [1.82, 2.24) is 15.4 Å². The first kappa shape index (κ1) is 9.19. The van der Waals surface area contributed by atoms with Crippen LogP contribution in [0.3, 0.4) is 0 Å². The van der Waals surface area contributed by atoms with E-state index in [9.17, 15) is 0 Å². The molecule has 0 bridgehead atoms. The summed E-state index contributed by atoms with van der Waals surface area (Å²) >= 11 is 0. The highest BCUT2D eigenvalue weighted by molar-refractivity contribution is 5.79. The van der Waals surface area contributed by atoms with Crippen LogP contribution in [0.4, 0.5) is 0 Å². The Labute approximate surface area is 83.5 Å². The third-order valence-corrected chi connectivity index (χ3v) is 2.85. The number of aromatic amines is 1. The van der Waals surface area contributed by atoms with Gasteiger partial charge in [-0.1, -0.05) is 19.9 Å². The molecule has 0 aliphatic rings. The molecule has 0 amide bonds. The molecule has 0 aliphatic carbocycles. The summed E-state index contributed by atoms with van der Waals surface area (Å²) in [5.41, 5.74) is 4.63. The van der Waals surface area contributed by atoms with Crippen LogP contribution in [0.2, 0.25) is 0 Å². The minimum atomic E-state index is 0.545. The maximum absolute atomic E-state index is 4.21. The van der Waals surface area contributed by atoms with Crippen molar-refractivity contribution in [2.24, 2.45) is 0 Å². The van der Waals surface area contributed by atoms with Crippen molar-refractivity contribution < 1.29 is 0 Å². The number of hydrogen-bond acceptors (Lipinski definition) is 2. The zero-order chi connectivity index (χ0) is 10.1. The molecule has 0 saturated carbocycles. The Hall–Kier alpha value is -1.38. The molecule has 3 heteroatoms. The first-order chi connectivity index (χ1) is 6.74. The summed E-state index contributed by atoms with van der Waals surface area (Å²) in [6.45, 7) is 6.56. The van der Waals surface area contributed by atoms with Crippen LogP contribution in [0.15, 0.2) is 12.1 Å². The maximum atomic E-state index is 4.21. The summed E-state index contributed by atoms with van der Waals surface area (Å²) in [6.07, 6.45) is 1.13. The Balaban J connectivity index is 2.70. The third kappa shape index (κ3) is 1.29. The predicted molar refractivity (Wildman–Crippen MR) is 57.3 cm³/mol. The topological polar surface area (TPSA) is 41.6 Å². The quantitative estimate of drug-likeness (QED) is 0.789. The number of benzene rings is 1. The van der Waals surface area contributed by atoms with Gasteiger partial charge in [0, 0.05) is 0 Å². The summed E-state index contributed by atoms with van der Waals surface area (Å²) in [5.74, 6) is 0.545. The molecule has 1 aromatic heterocycles. The maximum Gasteiger partial charge on any atom is 0.116 e. The van der Waals surface area contributed by atoms with Crippen LogP contribution in [0.25, 0.3) is 11.0 Å². The molecule has 1 N–H and O–H groups in total. The average molecular weight is 189 g/mol. The lowest BCUT2D eigenvalue weighted by Crippen LogP contribution is -1.96. The summed E-state index contributed by atoms with van der Waals surface area (Å²) in [7, 11) is 0. The highest BCUT2D eigenvalue weighted by Crippen LogP contribution is 2.28. The molecule has 0 spiro atoms. The number of rotatable bonds is 2. The van der Waals surface area contributed by atoms with Gasteiger partial charge in [-0.15, -0.1) is 0 Å². The Morgan fingerprint density at radius 1 is 1.36 bits per heavy atom. The highest BCUT2D eigenvalue weighted by atomic mass is 15.3. The lowest BCUT2D eigenvalue weighted by Gasteiger charge is -2.12. The smallest absolute Gasteiger partial charge is 0.116 e. The van der Waals surface area contributed by atoms with Crippen molar-refractivity contribution >= 4 is 11.0 Å². The molecule has 1 unspecified atom stereocenters. The van der Waals surface area contributed by atoms with E-state index in [1.54, 1.807) is 0 Å². The minimum absolute atomic E-state index is 0.545. The molecule has 2 aromatic rings. The molecule has 2 rings (SSSR count). The van der Waals surface area contributed by atoms with E-state index in [1.165, 1.54) is 11.1 Å². The summed E-state index contributed by atoms with van der Waals surface area (Å²) in [4.78, 5) is 0. The molecule has 0 aliphatic heterocycles. The first-order valence-electron chi connectivity index (χ1n) is 5.04. The Morgan fingerprint density at radius 2 is 2.14 bits per heavy atom. The molecule has 1 aromatic carbocycles. The molecule has 0 saturated heterocycles. The number of nitrogens with zero attached hydrogens (tertiary/aromatic N) is 2.